The van der Waals surface area contributed by atoms with Crippen molar-refractivity contribution in [2.45, 2.75) is 109 Å². The molecule has 52 heavy (non-hydrogen) atoms. The minimum absolute atomic E-state index is 0.274. The zero-order valence-corrected chi connectivity index (χ0v) is 33.6. The normalized spacial score (nSPS) is 18.6. The van der Waals surface area contributed by atoms with Gasteiger partial charge in [-0.1, -0.05) is 96.7 Å². The zero-order valence-electron chi connectivity index (χ0n) is 32.1. The molecule has 0 radical (unpaired) electrons. The van der Waals surface area contributed by atoms with Gasteiger partial charge >= 0.3 is 13.1 Å². The van der Waals surface area contributed by atoms with Crippen molar-refractivity contribution >= 4 is 47.7 Å². The molecule has 7 nitrogen and oxygen atoms in total. The summed E-state index contributed by atoms with van der Waals surface area (Å²) in [6, 6.07) is 26.2. The van der Waals surface area contributed by atoms with Crippen molar-refractivity contribution in [3.8, 4) is 0 Å². The van der Waals surface area contributed by atoms with Gasteiger partial charge in [0.2, 0.25) is 0 Å². The van der Waals surface area contributed by atoms with Gasteiger partial charge in [-0.15, -0.1) is 0 Å². The lowest BCUT2D eigenvalue weighted by Crippen LogP contribution is -2.47. The van der Waals surface area contributed by atoms with Crippen molar-refractivity contribution in [2.24, 2.45) is 4.99 Å². The Hall–Kier alpha value is -2.88. The first-order valence-electron chi connectivity index (χ1n) is 18.8. The van der Waals surface area contributed by atoms with Crippen LogP contribution in [0.15, 0.2) is 83.9 Å². The number of esters is 1. The fourth-order valence-corrected chi connectivity index (χ4v) is 7.17. The number of halogens is 2. The summed E-state index contributed by atoms with van der Waals surface area (Å²) in [5.41, 5.74) is 1.31. The van der Waals surface area contributed by atoms with Crippen molar-refractivity contribution in [2.75, 3.05) is 37.6 Å². The number of ether oxygens (including phenoxy) is 1. The molecule has 3 aromatic rings. The van der Waals surface area contributed by atoms with Crippen LogP contribution in [-0.4, -0.2) is 78.8 Å². The summed E-state index contributed by atoms with van der Waals surface area (Å²) < 4.78 is 18.9. The second kappa shape index (κ2) is 17.1. The van der Waals surface area contributed by atoms with E-state index in [9.17, 15) is 4.79 Å². The highest BCUT2D eigenvalue weighted by Crippen LogP contribution is 2.39. The highest BCUT2D eigenvalue weighted by atomic mass is 35.5. The van der Waals surface area contributed by atoms with Gasteiger partial charge in [0.1, 0.15) is 5.60 Å². The molecule has 2 saturated heterocycles. The molecule has 3 aromatic carbocycles. The van der Waals surface area contributed by atoms with E-state index in [0.29, 0.717) is 22.9 Å². The maximum Gasteiger partial charge on any atom is 0.457 e. The van der Waals surface area contributed by atoms with E-state index in [4.69, 9.17) is 42.2 Å². The fraction of sp³-hybridized carbons (Fsp3) is 0.524. The number of hydrogen-bond donors (Lipinski definition) is 0. The Balaban J connectivity index is 1.39. The van der Waals surface area contributed by atoms with Crippen LogP contribution in [0.2, 0.25) is 16.4 Å². The van der Waals surface area contributed by atoms with Gasteiger partial charge in [0.05, 0.1) is 27.0 Å². The highest BCUT2D eigenvalue weighted by Gasteiger charge is 2.50. The molecule has 1 unspecified atom stereocenters. The predicted octanol–water partition coefficient (Wildman–Crippen LogP) is 9.78. The Morgan fingerprint density at radius 1 is 0.788 bits per heavy atom. The SMILES string of the molecule is CC(C)(C)OC(=O)C(CCCCB1OC(C)(C)C(C)(C)O1)(CCCN1CCN(c2ccc(Cl)c(Cl)c2)CC1)N=C(c1ccccc1)c1ccccc1. The van der Waals surface area contributed by atoms with E-state index in [1.807, 2.05) is 75.4 Å². The third kappa shape index (κ3) is 10.4. The van der Waals surface area contributed by atoms with E-state index in [1.165, 1.54) is 0 Å². The smallest absolute Gasteiger partial charge is 0.457 e. The monoisotopic (exact) mass is 747 g/mol. The number of carbonyl (C=O) groups is 1. The second-order valence-electron chi connectivity index (χ2n) is 16.2. The molecule has 2 aliphatic heterocycles. The number of anilines is 1. The third-order valence-corrected chi connectivity index (χ3v) is 11.2. The molecule has 0 aromatic heterocycles. The summed E-state index contributed by atoms with van der Waals surface area (Å²) in [4.78, 5) is 25.0. The lowest BCUT2D eigenvalue weighted by molar-refractivity contribution is -0.162. The Morgan fingerprint density at radius 2 is 1.35 bits per heavy atom. The van der Waals surface area contributed by atoms with Crippen LogP contribution >= 0.6 is 23.2 Å². The molecular weight excluding hydrogens is 692 g/mol. The quantitative estimate of drug-likeness (QED) is 0.0709. The molecule has 0 spiro atoms. The first-order chi connectivity index (χ1) is 24.6. The van der Waals surface area contributed by atoms with Gasteiger partial charge in [-0.05, 0) is 98.8 Å². The van der Waals surface area contributed by atoms with Crippen LogP contribution in [0, 0.1) is 0 Å². The van der Waals surface area contributed by atoms with Gasteiger partial charge in [-0.2, -0.15) is 0 Å². The number of unbranched alkanes of at least 4 members (excludes halogenated alkanes) is 1. The summed E-state index contributed by atoms with van der Waals surface area (Å²) >= 11 is 12.5. The fourth-order valence-electron chi connectivity index (χ4n) is 6.88. The van der Waals surface area contributed by atoms with Gasteiger partial charge in [0, 0.05) is 43.0 Å². The van der Waals surface area contributed by atoms with Gasteiger partial charge in [-0.25, -0.2) is 4.79 Å². The molecule has 0 N–H and O–H groups in total. The van der Waals surface area contributed by atoms with Crippen molar-refractivity contribution in [1.82, 2.24) is 4.90 Å². The average Bonchev–Trinajstić information content (AvgIpc) is 3.31. The lowest BCUT2D eigenvalue weighted by Gasteiger charge is -2.37. The number of carbonyl (C=O) groups excluding carboxylic acids is 1. The summed E-state index contributed by atoms with van der Waals surface area (Å²) in [6.07, 6.45) is 4.26. The van der Waals surface area contributed by atoms with Crippen molar-refractivity contribution in [3.63, 3.8) is 0 Å². The standard InChI is InChI=1S/C42H56BCl2N3O4/c1-39(2,3)50-38(49)42(23-14-15-25-43-51-40(4,5)41(6,7)52-43,46-37(32-17-10-8-11-18-32)33-19-12-9-13-20-33)24-16-26-47-27-29-48(30-28-47)34-21-22-35(44)36(45)31-34/h8-13,17-22,31H,14-16,23-30H2,1-7H3. The minimum Gasteiger partial charge on any atom is -0.458 e. The van der Waals surface area contributed by atoms with Crippen LogP contribution in [0.5, 0.6) is 0 Å². The molecule has 10 heteroatoms. The maximum absolute atomic E-state index is 14.6. The average molecular weight is 749 g/mol. The van der Waals surface area contributed by atoms with E-state index in [-0.39, 0.29) is 24.3 Å². The van der Waals surface area contributed by atoms with Crippen molar-refractivity contribution < 1.29 is 18.8 Å². The van der Waals surface area contributed by atoms with Crippen LogP contribution in [0.25, 0.3) is 0 Å². The van der Waals surface area contributed by atoms with Crippen molar-refractivity contribution in [1.29, 1.82) is 0 Å². The molecule has 5 rings (SSSR count). The summed E-state index contributed by atoms with van der Waals surface area (Å²) in [5, 5.41) is 1.14. The first-order valence-corrected chi connectivity index (χ1v) is 19.6. The highest BCUT2D eigenvalue weighted by molar-refractivity contribution is 6.45. The molecule has 280 valence electrons. The maximum atomic E-state index is 14.6. The van der Waals surface area contributed by atoms with Gasteiger partial charge in [0.25, 0.3) is 0 Å². The molecule has 0 aliphatic carbocycles. The van der Waals surface area contributed by atoms with E-state index in [0.717, 1.165) is 80.8 Å². The molecule has 2 heterocycles. The molecule has 2 fully saturated rings. The molecular formula is C42H56BCl2N3O4. The summed E-state index contributed by atoms with van der Waals surface area (Å²) in [7, 11) is -0.281. The topological polar surface area (TPSA) is 63.6 Å². The molecule has 2 aliphatic rings. The zero-order chi connectivity index (χ0) is 37.6. The largest absolute Gasteiger partial charge is 0.458 e. The Labute approximate surface area is 322 Å². The Morgan fingerprint density at radius 3 is 1.88 bits per heavy atom. The number of benzene rings is 3. The Bertz CT molecular complexity index is 1600. The predicted molar refractivity (Wildman–Crippen MR) is 216 cm³/mol. The summed E-state index contributed by atoms with van der Waals surface area (Å²) in [5.74, 6) is -0.274. The van der Waals surface area contributed by atoms with Crippen LogP contribution in [0.1, 0.15) is 91.7 Å². The molecule has 1 atom stereocenters. The Kier molecular flexibility index (Phi) is 13.2. The lowest BCUT2D eigenvalue weighted by atomic mass is 9.80. The van der Waals surface area contributed by atoms with E-state index in [1.54, 1.807) is 0 Å². The van der Waals surface area contributed by atoms with E-state index >= 15 is 0 Å². The first kappa shape index (κ1) is 40.3. The van der Waals surface area contributed by atoms with Crippen LogP contribution < -0.4 is 4.90 Å². The number of piperazine rings is 1. The minimum atomic E-state index is -1.09. The van der Waals surface area contributed by atoms with Crippen LogP contribution in [-0.2, 0) is 18.8 Å². The summed E-state index contributed by atoms with van der Waals surface area (Å²) in [6.45, 7) is 18.6. The molecule has 0 bridgehead atoms. The molecule has 0 saturated carbocycles. The molecule has 0 amide bonds. The van der Waals surface area contributed by atoms with E-state index in [2.05, 4.69) is 61.8 Å². The van der Waals surface area contributed by atoms with Crippen LogP contribution in [0.4, 0.5) is 5.69 Å². The van der Waals surface area contributed by atoms with Gasteiger partial charge < -0.3 is 18.9 Å². The van der Waals surface area contributed by atoms with Gasteiger partial charge in [0.15, 0.2) is 5.54 Å². The van der Waals surface area contributed by atoms with Crippen LogP contribution in [0.3, 0.4) is 0 Å². The van der Waals surface area contributed by atoms with Crippen molar-refractivity contribution in [3.05, 3.63) is 100 Å². The van der Waals surface area contributed by atoms with E-state index < -0.39 is 11.1 Å². The van der Waals surface area contributed by atoms with Gasteiger partial charge in [-0.3, -0.25) is 9.89 Å². The number of rotatable bonds is 14. The number of hydrogen-bond acceptors (Lipinski definition) is 7. The number of aliphatic imine (C=N–C) groups is 1. The second-order valence-corrected chi connectivity index (χ2v) is 17.0. The number of nitrogens with zero attached hydrogens (tertiary/aromatic N) is 3. The third-order valence-electron chi connectivity index (χ3n) is 10.5.